The molecule has 0 saturated carbocycles. The van der Waals surface area contributed by atoms with Crippen molar-refractivity contribution in [1.82, 2.24) is 14.3 Å². The number of rotatable bonds is 6. The van der Waals surface area contributed by atoms with Gasteiger partial charge >= 0.3 is 5.97 Å². The SMILES string of the molecule is C=CCn1cc(C(=O)Nc2ccn(CC(=O)O)n2)c2ccccc21. The van der Waals surface area contributed by atoms with Gasteiger partial charge in [-0.3, -0.25) is 14.3 Å². The summed E-state index contributed by atoms with van der Waals surface area (Å²) in [4.78, 5) is 23.2. The molecule has 0 radical (unpaired) electrons. The number of hydrogen-bond acceptors (Lipinski definition) is 3. The molecule has 1 amide bonds. The number of aliphatic carboxylic acids is 1. The number of nitrogens with one attached hydrogen (secondary N) is 1. The van der Waals surface area contributed by atoms with E-state index in [1.165, 1.54) is 10.9 Å². The number of carbonyl (C=O) groups excluding carboxylic acids is 1. The molecule has 2 heterocycles. The zero-order valence-electron chi connectivity index (χ0n) is 12.8. The summed E-state index contributed by atoms with van der Waals surface area (Å²) in [6.45, 7) is 4.07. The van der Waals surface area contributed by atoms with Gasteiger partial charge in [-0.15, -0.1) is 6.58 Å². The van der Waals surface area contributed by atoms with Gasteiger partial charge in [0.1, 0.15) is 6.54 Å². The van der Waals surface area contributed by atoms with Crippen molar-refractivity contribution in [1.29, 1.82) is 0 Å². The Balaban J connectivity index is 1.87. The molecule has 0 fully saturated rings. The van der Waals surface area contributed by atoms with Gasteiger partial charge in [0.2, 0.25) is 0 Å². The number of carboxylic acid groups (broad SMARTS) is 1. The summed E-state index contributed by atoms with van der Waals surface area (Å²) in [5.41, 5.74) is 1.47. The van der Waals surface area contributed by atoms with Crippen molar-refractivity contribution in [2.24, 2.45) is 0 Å². The third kappa shape index (κ3) is 3.05. The molecule has 0 aliphatic carbocycles. The van der Waals surface area contributed by atoms with E-state index in [0.29, 0.717) is 17.9 Å². The Bertz CT molecular complexity index is 923. The molecule has 24 heavy (non-hydrogen) atoms. The first-order valence-electron chi connectivity index (χ1n) is 7.34. The van der Waals surface area contributed by atoms with Crippen LogP contribution in [0, 0.1) is 0 Å². The Hall–Kier alpha value is -3.35. The standard InChI is InChI=1S/C17H16N4O3/c1-2-8-20-10-13(12-5-3-4-6-14(12)20)17(24)18-15-7-9-21(19-15)11-16(22)23/h2-7,9-10H,1,8,11H2,(H,22,23)(H,18,19,24). The summed E-state index contributed by atoms with van der Waals surface area (Å²) in [5, 5.41) is 16.3. The van der Waals surface area contributed by atoms with E-state index in [0.717, 1.165) is 10.9 Å². The molecule has 7 heteroatoms. The van der Waals surface area contributed by atoms with Gasteiger partial charge in [0.15, 0.2) is 5.82 Å². The molecule has 0 saturated heterocycles. The Morgan fingerprint density at radius 1 is 1.29 bits per heavy atom. The fourth-order valence-corrected chi connectivity index (χ4v) is 2.56. The minimum absolute atomic E-state index is 0.255. The van der Waals surface area contributed by atoms with E-state index in [2.05, 4.69) is 17.0 Å². The molecular weight excluding hydrogens is 308 g/mol. The Kier molecular flexibility index (Phi) is 4.15. The lowest BCUT2D eigenvalue weighted by Gasteiger charge is -2.00. The monoisotopic (exact) mass is 324 g/mol. The second-order valence-corrected chi connectivity index (χ2v) is 5.25. The van der Waals surface area contributed by atoms with Gasteiger partial charge in [0.25, 0.3) is 5.91 Å². The summed E-state index contributed by atoms with van der Waals surface area (Å²) in [6.07, 6.45) is 5.04. The van der Waals surface area contributed by atoms with E-state index in [9.17, 15) is 9.59 Å². The van der Waals surface area contributed by atoms with Gasteiger partial charge in [-0.1, -0.05) is 24.3 Å². The Labute approximate surface area is 137 Å². The zero-order chi connectivity index (χ0) is 17.1. The lowest BCUT2D eigenvalue weighted by Crippen LogP contribution is -2.13. The van der Waals surface area contributed by atoms with E-state index in [1.54, 1.807) is 18.3 Å². The first kappa shape index (κ1) is 15.5. The van der Waals surface area contributed by atoms with E-state index in [1.807, 2.05) is 28.8 Å². The van der Waals surface area contributed by atoms with Crippen LogP contribution in [0.1, 0.15) is 10.4 Å². The van der Waals surface area contributed by atoms with Crippen LogP contribution in [0.2, 0.25) is 0 Å². The van der Waals surface area contributed by atoms with Gasteiger partial charge in [-0.2, -0.15) is 5.10 Å². The van der Waals surface area contributed by atoms with Gasteiger partial charge in [-0.05, 0) is 6.07 Å². The summed E-state index contributed by atoms with van der Waals surface area (Å²) >= 11 is 0. The van der Waals surface area contributed by atoms with Crippen molar-refractivity contribution in [3.63, 3.8) is 0 Å². The van der Waals surface area contributed by atoms with Crippen LogP contribution < -0.4 is 5.32 Å². The molecule has 0 unspecified atom stereocenters. The molecule has 0 aliphatic rings. The van der Waals surface area contributed by atoms with Crippen LogP contribution in [-0.2, 0) is 17.9 Å². The highest BCUT2D eigenvalue weighted by molar-refractivity contribution is 6.12. The van der Waals surface area contributed by atoms with Crippen molar-refractivity contribution in [2.75, 3.05) is 5.32 Å². The minimum Gasteiger partial charge on any atom is -0.480 e. The van der Waals surface area contributed by atoms with E-state index >= 15 is 0 Å². The van der Waals surface area contributed by atoms with Gasteiger partial charge in [0.05, 0.1) is 5.56 Å². The third-order valence-corrected chi connectivity index (χ3v) is 3.54. The lowest BCUT2D eigenvalue weighted by atomic mass is 10.1. The number of carboxylic acids is 1. The molecule has 0 bridgehead atoms. The molecule has 7 nitrogen and oxygen atoms in total. The summed E-state index contributed by atoms with van der Waals surface area (Å²) in [7, 11) is 0. The third-order valence-electron chi connectivity index (χ3n) is 3.54. The molecule has 0 spiro atoms. The number of anilines is 1. The number of benzene rings is 1. The number of carbonyl (C=O) groups is 2. The molecule has 3 aromatic rings. The molecule has 1 aromatic carbocycles. The maximum Gasteiger partial charge on any atom is 0.325 e. The maximum absolute atomic E-state index is 12.6. The van der Waals surface area contributed by atoms with Crippen LogP contribution >= 0.6 is 0 Å². The fourth-order valence-electron chi connectivity index (χ4n) is 2.56. The maximum atomic E-state index is 12.6. The average molecular weight is 324 g/mol. The van der Waals surface area contributed by atoms with Gasteiger partial charge < -0.3 is 15.0 Å². The molecule has 2 aromatic heterocycles. The predicted molar refractivity (Wildman–Crippen MR) is 90.0 cm³/mol. The summed E-state index contributed by atoms with van der Waals surface area (Å²) in [6, 6.07) is 9.17. The van der Waals surface area contributed by atoms with E-state index in [-0.39, 0.29) is 12.5 Å². The highest BCUT2D eigenvalue weighted by atomic mass is 16.4. The van der Waals surface area contributed by atoms with Crippen molar-refractivity contribution in [3.05, 3.63) is 60.9 Å². The number of fused-ring (bicyclic) bond motifs is 1. The van der Waals surface area contributed by atoms with Crippen molar-refractivity contribution < 1.29 is 14.7 Å². The number of hydrogen-bond donors (Lipinski definition) is 2. The largest absolute Gasteiger partial charge is 0.480 e. The molecule has 2 N–H and O–H groups in total. The minimum atomic E-state index is -0.997. The first-order valence-corrected chi connectivity index (χ1v) is 7.34. The van der Waals surface area contributed by atoms with Crippen molar-refractivity contribution >= 4 is 28.6 Å². The quantitative estimate of drug-likeness (QED) is 0.681. The first-order chi connectivity index (χ1) is 11.6. The highest BCUT2D eigenvalue weighted by Gasteiger charge is 2.15. The van der Waals surface area contributed by atoms with Crippen LogP contribution in [0.25, 0.3) is 10.9 Å². The van der Waals surface area contributed by atoms with Gasteiger partial charge in [0, 0.05) is 35.9 Å². The number of aromatic nitrogens is 3. The Morgan fingerprint density at radius 3 is 2.83 bits per heavy atom. The molecular formula is C17H16N4O3. The molecule has 3 rings (SSSR count). The smallest absolute Gasteiger partial charge is 0.325 e. The number of allylic oxidation sites excluding steroid dienone is 1. The van der Waals surface area contributed by atoms with Crippen LogP contribution in [0.15, 0.2) is 55.4 Å². The number of para-hydroxylation sites is 1. The summed E-state index contributed by atoms with van der Waals surface area (Å²) < 4.78 is 3.19. The second-order valence-electron chi connectivity index (χ2n) is 5.25. The topological polar surface area (TPSA) is 89.2 Å². The highest BCUT2D eigenvalue weighted by Crippen LogP contribution is 2.22. The summed E-state index contributed by atoms with van der Waals surface area (Å²) in [5.74, 6) is -0.986. The molecule has 0 atom stereocenters. The molecule has 0 aliphatic heterocycles. The predicted octanol–water partition coefficient (Wildman–Crippen LogP) is 2.36. The van der Waals surface area contributed by atoms with Crippen LogP contribution in [0.5, 0.6) is 0 Å². The Morgan fingerprint density at radius 2 is 2.08 bits per heavy atom. The molecule has 122 valence electrons. The second kappa shape index (κ2) is 6.41. The normalized spacial score (nSPS) is 10.7. The van der Waals surface area contributed by atoms with Gasteiger partial charge in [-0.25, -0.2) is 0 Å². The number of amides is 1. The van der Waals surface area contributed by atoms with E-state index < -0.39 is 5.97 Å². The van der Waals surface area contributed by atoms with E-state index in [4.69, 9.17) is 5.11 Å². The lowest BCUT2D eigenvalue weighted by molar-refractivity contribution is -0.137. The zero-order valence-corrected chi connectivity index (χ0v) is 12.8. The fraction of sp³-hybridized carbons (Fsp3) is 0.118. The van der Waals surface area contributed by atoms with Crippen LogP contribution in [0.4, 0.5) is 5.82 Å². The van der Waals surface area contributed by atoms with Crippen molar-refractivity contribution in [2.45, 2.75) is 13.1 Å². The van der Waals surface area contributed by atoms with Crippen molar-refractivity contribution in [3.8, 4) is 0 Å². The van der Waals surface area contributed by atoms with Crippen LogP contribution in [0.3, 0.4) is 0 Å². The van der Waals surface area contributed by atoms with Crippen LogP contribution in [-0.4, -0.2) is 31.3 Å². The average Bonchev–Trinajstić information content (AvgIpc) is 3.12. The number of nitrogens with zero attached hydrogens (tertiary/aromatic N) is 3.